The van der Waals surface area contributed by atoms with Gasteiger partial charge in [0.2, 0.25) is 0 Å². The first-order valence-electron chi connectivity index (χ1n) is 11.8. The standard InChI is InChI=1S/C27H32N2O6/c1-27(2,3)35-26(32)29-14-13-23(21(15-29)24(30)33-4)28-25(31)34-16-22-19-11-7-5-9-17(19)18-10-6-8-12-20(18)22/h5-12,21-23H,13-16H2,1-4H3,(H,28,31)/t21-,23-/m0/s1. The van der Waals surface area contributed by atoms with Gasteiger partial charge in [0.25, 0.3) is 0 Å². The number of rotatable bonds is 4. The van der Waals surface area contributed by atoms with E-state index < -0.39 is 35.7 Å². The number of ether oxygens (including phenoxy) is 3. The van der Waals surface area contributed by atoms with E-state index in [1.165, 1.54) is 12.0 Å². The number of methoxy groups -OCH3 is 1. The third-order valence-electron chi connectivity index (χ3n) is 6.42. The number of hydrogen-bond acceptors (Lipinski definition) is 6. The Kier molecular flexibility index (Phi) is 7.00. The lowest BCUT2D eigenvalue weighted by Gasteiger charge is -2.37. The van der Waals surface area contributed by atoms with Gasteiger partial charge in [-0.25, -0.2) is 9.59 Å². The molecule has 1 N–H and O–H groups in total. The van der Waals surface area contributed by atoms with Gasteiger partial charge < -0.3 is 24.4 Å². The molecule has 1 aliphatic heterocycles. The predicted octanol–water partition coefficient (Wildman–Crippen LogP) is 4.32. The third kappa shape index (κ3) is 5.42. The molecule has 0 aromatic heterocycles. The summed E-state index contributed by atoms with van der Waals surface area (Å²) in [6, 6.07) is 15.7. The molecule has 0 spiro atoms. The van der Waals surface area contributed by atoms with Gasteiger partial charge in [-0.05, 0) is 49.4 Å². The molecule has 4 rings (SSSR count). The first kappa shape index (κ1) is 24.6. The topological polar surface area (TPSA) is 94.2 Å². The van der Waals surface area contributed by atoms with Crippen LogP contribution in [-0.2, 0) is 19.0 Å². The van der Waals surface area contributed by atoms with Gasteiger partial charge in [0.05, 0.1) is 13.0 Å². The van der Waals surface area contributed by atoms with Crippen LogP contribution >= 0.6 is 0 Å². The van der Waals surface area contributed by atoms with Crippen LogP contribution in [-0.4, -0.2) is 61.5 Å². The number of hydrogen-bond donors (Lipinski definition) is 1. The number of esters is 1. The molecule has 35 heavy (non-hydrogen) atoms. The molecule has 8 nitrogen and oxygen atoms in total. The van der Waals surface area contributed by atoms with Crippen LogP contribution < -0.4 is 5.32 Å². The molecule has 0 bridgehead atoms. The third-order valence-corrected chi connectivity index (χ3v) is 6.42. The normalized spacial score (nSPS) is 19.4. The molecule has 2 aliphatic rings. The zero-order valence-corrected chi connectivity index (χ0v) is 20.6. The smallest absolute Gasteiger partial charge is 0.410 e. The molecule has 8 heteroatoms. The summed E-state index contributed by atoms with van der Waals surface area (Å²) < 4.78 is 16.0. The highest BCUT2D eigenvalue weighted by molar-refractivity contribution is 5.79. The Bertz CT molecular complexity index is 1060. The quantitative estimate of drug-likeness (QED) is 0.517. The lowest BCUT2D eigenvalue weighted by Crippen LogP contribution is -2.55. The van der Waals surface area contributed by atoms with E-state index in [4.69, 9.17) is 14.2 Å². The van der Waals surface area contributed by atoms with Gasteiger partial charge in [-0.1, -0.05) is 48.5 Å². The minimum absolute atomic E-state index is 0.0569. The Hall–Kier alpha value is -3.55. The van der Waals surface area contributed by atoms with Crippen molar-refractivity contribution >= 4 is 18.2 Å². The van der Waals surface area contributed by atoms with Crippen molar-refractivity contribution in [2.75, 3.05) is 26.8 Å². The maximum absolute atomic E-state index is 12.8. The van der Waals surface area contributed by atoms with Crippen molar-refractivity contribution < 1.29 is 28.6 Å². The highest BCUT2D eigenvalue weighted by atomic mass is 16.6. The molecule has 2 amide bonds. The molecule has 186 valence electrons. The number of carbonyl (C=O) groups excluding carboxylic acids is 3. The summed E-state index contributed by atoms with van der Waals surface area (Å²) in [6.45, 7) is 5.97. The van der Waals surface area contributed by atoms with Crippen LogP contribution in [0.15, 0.2) is 48.5 Å². The molecule has 0 unspecified atom stereocenters. The van der Waals surface area contributed by atoms with Crippen LogP contribution in [0.5, 0.6) is 0 Å². The molecule has 2 atom stereocenters. The average molecular weight is 481 g/mol. The van der Waals surface area contributed by atoms with E-state index in [1.54, 1.807) is 20.8 Å². The van der Waals surface area contributed by atoms with Crippen LogP contribution in [0.4, 0.5) is 9.59 Å². The van der Waals surface area contributed by atoms with Crippen molar-refractivity contribution in [2.45, 2.75) is 44.8 Å². The highest BCUT2D eigenvalue weighted by Crippen LogP contribution is 2.44. The fraction of sp³-hybridized carbons (Fsp3) is 0.444. The monoisotopic (exact) mass is 480 g/mol. The Morgan fingerprint density at radius 2 is 1.60 bits per heavy atom. The van der Waals surface area contributed by atoms with Crippen LogP contribution in [0.25, 0.3) is 11.1 Å². The zero-order chi connectivity index (χ0) is 25.2. The number of benzene rings is 2. The molecule has 1 aliphatic carbocycles. The maximum Gasteiger partial charge on any atom is 0.410 e. The number of likely N-dealkylation sites (tertiary alicyclic amines) is 1. The lowest BCUT2D eigenvalue weighted by atomic mass is 9.92. The fourth-order valence-corrected chi connectivity index (χ4v) is 4.80. The Morgan fingerprint density at radius 3 is 2.17 bits per heavy atom. The Balaban J connectivity index is 1.39. The predicted molar refractivity (Wildman–Crippen MR) is 130 cm³/mol. The molecular formula is C27H32N2O6. The lowest BCUT2D eigenvalue weighted by molar-refractivity contribution is -0.148. The van der Waals surface area contributed by atoms with Gasteiger partial charge in [0.15, 0.2) is 0 Å². The van der Waals surface area contributed by atoms with E-state index >= 15 is 0 Å². The molecule has 0 saturated carbocycles. The first-order chi connectivity index (χ1) is 16.7. The summed E-state index contributed by atoms with van der Waals surface area (Å²) in [4.78, 5) is 39.2. The second-order valence-corrected chi connectivity index (χ2v) is 9.92. The number of carbonyl (C=O) groups is 3. The summed E-state index contributed by atoms with van der Waals surface area (Å²) >= 11 is 0. The number of piperidine rings is 1. The van der Waals surface area contributed by atoms with Gasteiger partial charge >= 0.3 is 18.2 Å². The van der Waals surface area contributed by atoms with E-state index in [-0.39, 0.29) is 19.1 Å². The molecule has 1 fully saturated rings. The van der Waals surface area contributed by atoms with Gasteiger partial charge in [-0.2, -0.15) is 0 Å². The number of amides is 2. The number of nitrogens with zero attached hydrogens (tertiary/aromatic N) is 1. The molecule has 1 heterocycles. The van der Waals surface area contributed by atoms with Crippen molar-refractivity contribution in [3.63, 3.8) is 0 Å². The van der Waals surface area contributed by atoms with E-state index in [9.17, 15) is 14.4 Å². The SMILES string of the molecule is COC(=O)[C@H]1CN(C(=O)OC(C)(C)C)CC[C@@H]1NC(=O)OCC1c2ccccc2-c2ccccc21. The zero-order valence-electron chi connectivity index (χ0n) is 20.6. The Labute approximate surface area is 205 Å². The summed E-state index contributed by atoms with van der Waals surface area (Å²) in [5.74, 6) is -1.28. The number of nitrogens with one attached hydrogen (secondary N) is 1. The summed E-state index contributed by atoms with van der Waals surface area (Å²) in [6.07, 6.45) is -0.717. The number of fused-ring (bicyclic) bond motifs is 3. The van der Waals surface area contributed by atoms with Gasteiger partial charge in [-0.15, -0.1) is 0 Å². The second kappa shape index (κ2) is 9.98. The van der Waals surface area contributed by atoms with Crippen molar-refractivity contribution in [1.29, 1.82) is 0 Å². The van der Waals surface area contributed by atoms with Gasteiger partial charge in [0.1, 0.15) is 12.2 Å². The summed E-state index contributed by atoms with van der Waals surface area (Å²) in [5.41, 5.74) is 3.91. The minimum atomic E-state index is -0.721. The largest absolute Gasteiger partial charge is 0.469 e. The Morgan fingerprint density at radius 1 is 1.00 bits per heavy atom. The maximum atomic E-state index is 12.8. The van der Waals surface area contributed by atoms with E-state index in [1.807, 2.05) is 24.3 Å². The highest BCUT2D eigenvalue weighted by Gasteiger charge is 2.39. The van der Waals surface area contributed by atoms with Crippen LogP contribution in [0.3, 0.4) is 0 Å². The molecule has 0 radical (unpaired) electrons. The van der Waals surface area contributed by atoms with Crippen LogP contribution in [0.1, 0.15) is 44.2 Å². The van der Waals surface area contributed by atoms with E-state index in [0.717, 1.165) is 22.3 Å². The van der Waals surface area contributed by atoms with Gasteiger partial charge in [0, 0.05) is 25.0 Å². The van der Waals surface area contributed by atoms with E-state index in [2.05, 4.69) is 29.6 Å². The molecule has 2 aromatic carbocycles. The fourth-order valence-electron chi connectivity index (χ4n) is 4.80. The summed E-state index contributed by atoms with van der Waals surface area (Å²) in [5, 5.41) is 2.82. The minimum Gasteiger partial charge on any atom is -0.469 e. The van der Waals surface area contributed by atoms with Crippen molar-refractivity contribution in [1.82, 2.24) is 10.2 Å². The van der Waals surface area contributed by atoms with Crippen molar-refractivity contribution in [2.24, 2.45) is 5.92 Å². The average Bonchev–Trinajstić information content (AvgIpc) is 3.15. The van der Waals surface area contributed by atoms with E-state index in [0.29, 0.717) is 13.0 Å². The summed E-state index contributed by atoms with van der Waals surface area (Å²) in [7, 11) is 1.29. The van der Waals surface area contributed by atoms with Crippen LogP contribution in [0, 0.1) is 5.92 Å². The van der Waals surface area contributed by atoms with Crippen molar-refractivity contribution in [3.05, 3.63) is 59.7 Å². The van der Waals surface area contributed by atoms with Crippen LogP contribution in [0.2, 0.25) is 0 Å². The first-order valence-corrected chi connectivity index (χ1v) is 11.8. The molecule has 1 saturated heterocycles. The second-order valence-electron chi connectivity index (χ2n) is 9.92. The van der Waals surface area contributed by atoms with Gasteiger partial charge in [-0.3, -0.25) is 4.79 Å². The van der Waals surface area contributed by atoms with Crippen molar-refractivity contribution in [3.8, 4) is 11.1 Å². The molecular weight excluding hydrogens is 448 g/mol. The number of alkyl carbamates (subject to hydrolysis) is 1. The molecule has 2 aromatic rings.